The van der Waals surface area contributed by atoms with Gasteiger partial charge in [-0.25, -0.2) is 4.99 Å². The summed E-state index contributed by atoms with van der Waals surface area (Å²) in [4.78, 5) is 13.1. The maximum Gasteiger partial charge on any atom is 0.215 e. The van der Waals surface area contributed by atoms with Crippen LogP contribution in [0.3, 0.4) is 0 Å². The van der Waals surface area contributed by atoms with Crippen LogP contribution < -0.4 is 0 Å². The van der Waals surface area contributed by atoms with Crippen molar-refractivity contribution < 1.29 is 14.5 Å². The summed E-state index contributed by atoms with van der Waals surface area (Å²) in [6.45, 7) is 6.16. The summed E-state index contributed by atoms with van der Waals surface area (Å²) in [6, 6.07) is 0.0974. The topological polar surface area (TPSA) is 40.0 Å². The van der Waals surface area contributed by atoms with E-state index in [2.05, 4.69) is 28.6 Å². The van der Waals surface area contributed by atoms with Gasteiger partial charge < -0.3 is 9.62 Å². The first-order chi connectivity index (χ1) is 6.13. The summed E-state index contributed by atoms with van der Waals surface area (Å²) in [7, 11) is 3.11. The first-order valence-electron chi connectivity index (χ1n) is 4.37. The predicted octanol–water partition coefficient (Wildman–Crippen LogP) is 1.65. The van der Waals surface area contributed by atoms with Crippen LogP contribution in [0.4, 0.5) is 0 Å². The average Bonchev–Trinajstić information content (AvgIpc) is 2.11. The van der Waals surface area contributed by atoms with Gasteiger partial charge in [0.1, 0.15) is 0 Å². The van der Waals surface area contributed by atoms with Crippen molar-refractivity contribution in [3.63, 3.8) is 0 Å². The van der Waals surface area contributed by atoms with Gasteiger partial charge >= 0.3 is 0 Å². The molecule has 0 radical (unpaired) electrons. The molecule has 0 saturated carbocycles. The second-order valence-electron chi connectivity index (χ2n) is 3.19. The standard InChI is InChI=1S/C9H19NO3/c1-7(2)9(8(3)11-4)10-6-13-12-5/h6-9H,1-5H3/b10-6+/t8-,9+/m0/s1. The zero-order valence-electron chi connectivity index (χ0n) is 8.98. The molecule has 0 fully saturated rings. The molecule has 0 saturated heterocycles. The first-order valence-corrected chi connectivity index (χ1v) is 4.37. The highest BCUT2D eigenvalue weighted by Crippen LogP contribution is 2.12. The molecule has 0 aliphatic heterocycles. The number of hydrogen-bond donors (Lipinski definition) is 0. The molecular weight excluding hydrogens is 170 g/mol. The Bertz CT molecular complexity index is 148. The van der Waals surface area contributed by atoms with Crippen molar-refractivity contribution >= 4 is 6.40 Å². The molecule has 0 N–H and O–H groups in total. The molecule has 2 atom stereocenters. The highest BCUT2D eigenvalue weighted by Gasteiger charge is 2.18. The summed E-state index contributed by atoms with van der Waals surface area (Å²) >= 11 is 0. The van der Waals surface area contributed by atoms with E-state index in [0.29, 0.717) is 5.92 Å². The summed E-state index contributed by atoms with van der Waals surface area (Å²) in [5.74, 6) is 0.409. The van der Waals surface area contributed by atoms with Crippen molar-refractivity contribution in [2.75, 3.05) is 14.2 Å². The maximum atomic E-state index is 5.19. The van der Waals surface area contributed by atoms with Gasteiger partial charge in [0, 0.05) is 7.11 Å². The zero-order chi connectivity index (χ0) is 10.3. The Morgan fingerprint density at radius 3 is 2.15 bits per heavy atom. The van der Waals surface area contributed by atoms with Crippen molar-refractivity contribution in [1.82, 2.24) is 0 Å². The average molecular weight is 189 g/mol. The quantitative estimate of drug-likeness (QED) is 0.276. The van der Waals surface area contributed by atoms with E-state index in [1.807, 2.05) is 6.92 Å². The SMILES string of the molecule is COO/C=N/[C@H](C(C)C)[C@H](C)OC. The van der Waals surface area contributed by atoms with Gasteiger partial charge in [0.25, 0.3) is 0 Å². The lowest BCUT2D eigenvalue weighted by atomic mass is 10.0. The Morgan fingerprint density at radius 1 is 1.15 bits per heavy atom. The van der Waals surface area contributed by atoms with E-state index in [4.69, 9.17) is 4.74 Å². The lowest BCUT2D eigenvalue weighted by molar-refractivity contribution is -0.188. The van der Waals surface area contributed by atoms with E-state index in [0.717, 1.165) is 0 Å². The normalized spacial score (nSPS) is 16.5. The first kappa shape index (κ1) is 12.4. The molecule has 0 aromatic rings. The number of hydrogen-bond acceptors (Lipinski definition) is 4. The Hall–Kier alpha value is -0.610. The molecule has 0 rings (SSSR count). The minimum absolute atomic E-state index is 0.0803. The Morgan fingerprint density at radius 2 is 1.77 bits per heavy atom. The lowest BCUT2D eigenvalue weighted by Crippen LogP contribution is -2.28. The van der Waals surface area contributed by atoms with Crippen LogP contribution in [0.25, 0.3) is 0 Å². The van der Waals surface area contributed by atoms with Crippen LogP contribution in [-0.2, 0) is 14.5 Å². The number of nitrogens with zero attached hydrogens (tertiary/aromatic N) is 1. The van der Waals surface area contributed by atoms with Crippen LogP contribution >= 0.6 is 0 Å². The van der Waals surface area contributed by atoms with Crippen molar-refractivity contribution in [1.29, 1.82) is 0 Å². The largest absolute Gasteiger partial charge is 0.380 e. The molecule has 0 unspecified atom stereocenters. The van der Waals surface area contributed by atoms with Gasteiger partial charge in [-0.15, -0.1) is 0 Å². The molecule has 0 aromatic carbocycles. The lowest BCUT2D eigenvalue weighted by Gasteiger charge is -2.21. The van der Waals surface area contributed by atoms with Crippen molar-refractivity contribution in [3.8, 4) is 0 Å². The molecule has 0 bridgehead atoms. The summed E-state index contributed by atoms with van der Waals surface area (Å²) in [6.07, 6.45) is 1.39. The van der Waals surface area contributed by atoms with Gasteiger partial charge in [-0.3, -0.25) is 0 Å². The van der Waals surface area contributed by atoms with Crippen LogP contribution in [0.15, 0.2) is 4.99 Å². The van der Waals surface area contributed by atoms with E-state index in [9.17, 15) is 0 Å². The molecule has 13 heavy (non-hydrogen) atoms. The van der Waals surface area contributed by atoms with Crippen LogP contribution in [0.2, 0.25) is 0 Å². The van der Waals surface area contributed by atoms with Gasteiger partial charge in [-0.2, -0.15) is 4.89 Å². The summed E-state index contributed by atoms with van der Waals surface area (Å²) in [5, 5.41) is 0. The van der Waals surface area contributed by atoms with Crippen molar-refractivity contribution in [3.05, 3.63) is 0 Å². The highest BCUT2D eigenvalue weighted by atomic mass is 17.2. The molecule has 0 amide bonds. The van der Waals surface area contributed by atoms with Gasteiger partial charge in [-0.05, 0) is 12.8 Å². The molecule has 0 aromatic heterocycles. The minimum Gasteiger partial charge on any atom is -0.380 e. The second-order valence-corrected chi connectivity index (χ2v) is 3.19. The van der Waals surface area contributed by atoms with Gasteiger partial charge in [0.2, 0.25) is 6.40 Å². The van der Waals surface area contributed by atoms with E-state index >= 15 is 0 Å². The Kier molecular flexibility index (Phi) is 6.54. The second kappa shape index (κ2) is 6.86. The number of aliphatic imine (C=N–C) groups is 1. The van der Waals surface area contributed by atoms with E-state index in [1.54, 1.807) is 7.11 Å². The van der Waals surface area contributed by atoms with Gasteiger partial charge in [0.15, 0.2) is 0 Å². The fourth-order valence-corrected chi connectivity index (χ4v) is 1.11. The molecule has 0 aliphatic carbocycles. The number of ether oxygens (including phenoxy) is 1. The Balaban J connectivity index is 4.09. The fraction of sp³-hybridized carbons (Fsp3) is 0.889. The van der Waals surface area contributed by atoms with Crippen LogP contribution in [0.5, 0.6) is 0 Å². The molecule has 78 valence electrons. The smallest absolute Gasteiger partial charge is 0.215 e. The minimum atomic E-state index is 0.0803. The maximum absolute atomic E-state index is 5.19. The molecule has 0 heterocycles. The molecule has 0 aliphatic rings. The molecule has 4 nitrogen and oxygen atoms in total. The molecule has 4 heteroatoms. The Labute approximate surface area is 79.8 Å². The monoisotopic (exact) mass is 189 g/mol. The fourth-order valence-electron chi connectivity index (χ4n) is 1.11. The van der Waals surface area contributed by atoms with Crippen LogP contribution in [-0.4, -0.2) is 32.8 Å². The summed E-state index contributed by atoms with van der Waals surface area (Å²) < 4.78 is 5.19. The third-order valence-electron chi connectivity index (χ3n) is 1.91. The van der Waals surface area contributed by atoms with E-state index in [-0.39, 0.29) is 12.1 Å². The highest BCUT2D eigenvalue weighted by molar-refractivity contribution is 5.45. The van der Waals surface area contributed by atoms with Gasteiger partial charge in [-0.1, -0.05) is 13.8 Å². The van der Waals surface area contributed by atoms with Crippen LogP contribution in [0.1, 0.15) is 20.8 Å². The van der Waals surface area contributed by atoms with Crippen LogP contribution in [0, 0.1) is 5.92 Å². The molecular formula is C9H19NO3. The zero-order valence-corrected chi connectivity index (χ0v) is 8.98. The third kappa shape index (κ3) is 4.85. The van der Waals surface area contributed by atoms with Crippen molar-refractivity contribution in [2.24, 2.45) is 10.9 Å². The number of rotatable bonds is 6. The molecule has 0 spiro atoms. The van der Waals surface area contributed by atoms with E-state index < -0.39 is 0 Å². The van der Waals surface area contributed by atoms with Crippen molar-refractivity contribution in [2.45, 2.75) is 32.9 Å². The number of methoxy groups -OCH3 is 1. The van der Waals surface area contributed by atoms with Gasteiger partial charge in [0.05, 0.1) is 19.3 Å². The predicted molar refractivity (Wildman–Crippen MR) is 51.7 cm³/mol. The summed E-state index contributed by atoms with van der Waals surface area (Å²) in [5.41, 5.74) is 0. The van der Waals surface area contributed by atoms with E-state index in [1.165, 1.54) is 13.5 Å². The third-order valence-corrected chi connectivity index (χ3v) is 1.91.